The zero-order valence-corrected chi connectivity index (χ0v) is 10.9. The van der Waals surface area contributed by atoms with Gasteiger partial charge in [-0.3, -0.25) is 4.90 Å². The second kappa shape index (κ2) is 11.6. The minimum atomic E-state index is 0.297. The van der Waals surface area contributed by atoms with Crippen molar-refractivity contribution >= 4 is 5.84 Å². The van der Waals surface area contributed by atoms with Gasteiger partial charge in [-0.15, -0.1) is 0 Å². The summed E-state index contributed by atoms with van der Waals surface area (Å²) < 4.78 is 10.1. The summed E-state index contributed by atoms with van der Waals surface area (Å²) in [7, 11) is 3.40. The largest absolute Gasteiger partial charge is 0.409 e. The third-order valence-electron chi connectivity index (χ3n) is 2.51. The maximum Gasteiger partial charge on any atom is 0.139 e. The first-order valence-electron chi connectivity index (χ1n) is 5.91. The van der Waals surface area contributed by atoms with Gasteiger partial charge in [0.25, 0.3) is 0 Å². The zero-order chi connectivity index (χ0) is 12.9. The van der Waals surface area contributed by atoms with E-state index in [-0.39, 0.29) is 0 Å². The molecule has 0 aliphatic rings. The number of hydrogen-bond acceptors (Lipinski definition) is 5. The van der Waals surface area contributed by atoms with E-state index < -0.39 is 0 Å². The van der Waals surface area contributed by atoms with Crippen LogP contribution in [0.4, 0.5) is 0 Å². The van der Waals surface area contributed by atoms with Crippen LogP contribution in [0.25, 0.3) is 0 Å². The summed E-state index contributed by atoms with van der Waals surface area (Å²) in [6.07, 6.45) is 2.58. The van der Waals surface area contributed by atoms with Crippen LogP contribution >= 0.6 is 0 Å². The number of rotatable bonds is 11. The van der Waals surface area contributed by atoms with Gasteiger partial charge in [-0.2, -0.15) is 0 Å². The van der Waals surface area contributed by atoms with E-state index in [9.17, 15) is 0 Å². The van der Waals surface area contributed by atoms with E-state index in [1.807, 2.05) is 0 Å². The minimum absolute atomic E-state index is 0.297. The number of hydrogen-bond donors (Lipinski definition) is 2. The molecule has 0 heterocycles. The van der Waals surface area contributed by atoms with E-state index in [0.717, 1.165) is 45.7 Å². The number of oxime groups is 1. The summed E-state index contributed by atoms with van der Waals surface area (Å²) in [5.74, 6) is 0.297. The Bertz CT molecular complexity index is 192. The maximum atomic E-state index is 8.40. The summed E-state index contributed by atoms with van der Waals surface area (Å²) in [6.45, 7) is 4.24. The van der Waals surface area contributed by atoms with Crippen LogP contribution < -0.4 is 5.73 Å². The number of unbranched alkanes of at least 4 members (excludes halogenated alkanes) is 1. The van der Waals surface area contributed by atoms with Crippen LogP contribution in [0.3, 0.4) is 0 Å². The maximum absolute atomic E-state index is 8.40. The van der Waals surface area contributed by atoms with E-state index in [1.54, 1.807) is 14.2 Å². The second-order valence-corrected chi connectivity index (χ2v) is 3.88. The summed E-state index contributed by atoms with van der Waals surface area (Å²) in [5.41, 5.74) is 5.40. The molecule has 0 fully saturated rings. The van der Waals surface area contributed by atoms with Gasteiger partial charge >= 0.3 is 0 Å². The molecule has 6 nitrogen and oxygen atoms in total. The minimum Gasteiger partial charge on any atom is -0.409 e. The number of methoxy groups -OCH3 is 2. The summed E-state index contributed by atoms with van der Waals surface area (Å²) in [4.78, 5) is 2.29. The van der Waals surface area contributed by atoms with Crippen LogP contribution in [0, 0.1) is 0 Å². The van der Waals surface area contributed by atoms with Crippen molar-refractivity contribution < 1.29 is 14.7 Å². The van der Waals surface area contributed by atoms with Crippen molar-refractivity contribution in [2.45, 2.75) is 19.3 Å². The molecule has 0 spiro atoms. The molecule has 0 rings (SSSR count). The topological polar surface area (TPSA) is 80.3 Å². The summed E-state index contributed by atoms with van der Waals surface area (Å²) >= 11 is 0. The molecule has 3 N–H and O–H groups in total. The third-order valence-corrected chi connectivity index (χ3v) is 2.51. The number of ether oxygens (including phenoxy) is 2. The van der Waals surface area contributed by atoms with E-state index in [0.29, 0.717) is 12.3 Å². The highest BCUT2D eigenvalue weighted by Gasteiger charge is 2.04. The number of amidine groups is 1. The van der Waals surface area contributed by atoms with Crippen molar-refractivity contribution in [1.29, 1.82) is 0 Å². The fourth-order valence-corrected chi connectivity index (χ4v) is 1.47. The average molecular weight is 247 g/mol. The van der Waals surface area contributed by atoms with Crippen LogP contribution in [-0.2, 0) is 9.47 Å². The van der Waals surface area contributed by atoms with E-state index >= 15 is 0 Å². The fraction of sp³-hybridized carbons (Fsp3) is 0.909. The van der Waals surface area contributed by atoms with Gasteiger partial charge in [0, 0.05) is 33.7 Å². The van der Waals surface area contributed by atoms with Crippen molar-refractivity contribution in [3.8, 4) is 0 Å². The highest BCUT2D eigenvalue weighted by Crippen LogP contribution is 1.99. The van der Waals surface area contributed by atoms with Gasteiger partial charge < -0.3 is 20.4 Å². The first-order valence-corrected chi connectivity index (χ1v) is 5.91. The summed E-state index contributed by atoms with van der Waals surface area (Å²) in [6, 6.07) is 0. The van der Waals surface area contributed by atoms with Crippen molar-refractivity contribution in [2.75, 3.05) is 47.1 Å². The standard InChI is InChI=1S/C11H25N3O3/c1-16-9-7-14(8-10-17-2)6-4-3-5-11(12)13-15/h15H,3-10H2,1-2H3,(H2,12,13). The van der Waals surface area contributed by atoms with Crippen LogP contribution in [0.1, 0.15) is 19.3 Å². The van der Waals surface area contributed by atoms with E-state index in [1.165, 1.54) is 0 Å². The Hall–Kier alpha value is -0.850. The first kappa shape index (κ1) is 16.1. The molecule has 6 heteroatoms. The van der Waals surface area contributed by atoms with Crippen LogP contribution in [0.2, 0.25) is 0 Å². The second-order valence-electron chi connectivity index (χ2n) is 3.88. The normalized spacial score (nSPS) is 12.3. The van der Waals surface area contributed by atoms with Gasteiger partial charge in [-0.1, -0.05) is 5.16 Å². The SMILES string of the molecule is COCCN(CCCCC(N)=NO)CCOC. The van der Waals surface area contributed by atoms with E-state index in [4.69, 9.17) is 20.4 Å². The van der Waals surface area contributed by atoms with Crippen LogP contribution in [0.15, 0.2) is 5.16 Å². The van der Waals surface area contributed by atoms with Gasteiger partial charge in [-0.05, 0) is 19.4 Å². The molecule has 0 aliphatic carbocycles. The highest BCUT2D eigenvalue weighted by molar-refractivity contribution is 5.79. The fourth-order valence-electron chi connectivity index (χ4n) is 1.47. The molecule has 102 valence electrons. The molecule has 0 saturated carbocycles. The molecule has 0 unspecified atom stereocenters. The van der Waals surface area contributed by atoms with E-state index in [2.05, 4.69) is 10.1 Å². The molecule has 17 heavy (non-hydrogen) atoms. The Morgan fingerprint density at radius 2 is 1.71 bits per heavy atom. The lowest BCUT2D eigenvalue weighted by atomic mass is 10.2. The molecule has 0 aromatic heterocycles. The molecule has 0 bridgehead atoms. The molecular weight excluding hydrogens is 222 g/mol. The lowest BCUT2D eigenvalue weighted by Crippen LogP contribution is -2.31. The Balaban J connectivity index is 3.66. The quantitative estimate of drug-likeness (QED) is 0.183. The van der Waals surface area contributed by atoms with Gasteiger partial charge in [0.2, 0.25) is 0 Å². The third kappa shape index (κ3) is 10.0. The van der Waals surface area contributed by atoms with Crippen LogP contribution in [-0.4, -0.2) is 63.0 Å². The number of nitrogens with two attached hydrogens (primary N) is 1. The average Bonchev–Trinajstić information content (AvgIpc) is 2.36. The monoisotopic (exact) mass is 247 g/mol. The van der Waals surface area contributed by atoms with Crippen molar-refractivity contribution in [2.24, 2.45) is 10.9 Å². The zero-order valence-electron chi connectivity index (χ0n) is 10.9. The highest BCUT2D eigenvalue weighted by atomic mass is 16.5. The Labute approximate surface area is 103 Å². The molecule has 0 saturated heterocycles. The van der Waals surface area contributed by atoms with Crippen molar-refractivity contribution in [1.82, 2.24) is 4.90 Å². The Morgan fingerprint density at radius 1 is 1.12 bits per heavy atom. The van der Waals surface area contributed by atoms with Gasteiger partial charge in [-0.25, -0.2) is 0 Å². The van der Waals surface area contributed by atoms with Gasteiger partial charge in [0.1, 0.15) is 5.84 Å². The lowest BCUT2D eigenvalue weighted by molar-refractivity contribution is 0.113. The first-order chi connectivity index (χ1) is 8.24. The molecular formula is C11H25N3O3. The lowest BCUT2D eigenvalue weighted by Gasteiger charge is -2.21. The Kier molecular flexibility index (Phi) is 11.0. The molecule has 0 amide bonds. The molecule has 0 aromatic carbocycles. The Morgan fingerprint density at radius 3 is 2.18 bits per heavy atom. The number of nitrogens with zero attached hydrogens (tertiary/aromatic N) is 2. The molecule has 0 atom stereocenters. The van der Waals surface area contributed by atoms with Crippen molar-refractivity contribution in [3.05, 3.63) is 0 Å². The van der Waals surface area contributed by atoms with Gasteiger partial charge in [0.05, 0.1) is 13.2 Å². The predicted octanol–water partition coefficient (Wildman–Crippen LogP) is 0.498. The molecule has 0 radical (unpaired) electrons. The summed E-state index contributed by atoms with van der Waals surface area (Å²) in [5, 5.41) is 11.3. The molecule has 0 aliphatic heterocycles. The van der Waals surface area contributed by atoms with Crippen molar-refractivity contribution in [3.63, 3.8) is 0 Å². The predicted molar refractivity (Wildman–Crippen MR) is 67.5 cm³/mol. The van der Waals surface area contributed by atoms with Gasteiger partial charge in [0.15, 0.2) is 0 Å². The molecule has 0 aromatic rings. The van der Waals surface area contributed by atoms with Crippen LogP contribution in [0.5, 0.6) is 0 Å². The smallest absolute Gasteiger partial charge is 0.139 e.